The second-order valence-electron chi connectivity index (χ2n) is 3.65. The first-order valence-electron chi connectivity index (χ1n) is 5.46. The van der Waals surface area contributed by atoms with Gasteiger partial charge in [0.05, 0.1) is 4.92 Å². The summed E-state index contributed by atoms with van der Waals surface area (Å²) in [5.41, 5.74) is 3.58. The van der Waals surface area contributed by atoms with E-state index in [9.17, 15) is 10.1 Å². The lowest BCUT2D eigenvalue weighted by molar-refractivity contribution is -0.384. The van der Waals surface area contributed by atoms with Gasteiger partial charge in [0.25, 0.3) is 5.69 Å². The van der Waals surface area contributed by atoms with Gasteiger partial charge in [0.15, 0.2) is 5.17 Å². The van der Waals surface area contributed by atoms with Crippen molar-refractivity contribution in [3.05, 3.63) is 70.3 Å². The third-order valence-electron chi connectivity index (χ3n) is 2.39. The van der Waals surface area contributed by atoms with E-state index >= 15 is 0 Å². The van der Waals surface area contributed by atoms with Crippen molar-refractivity contribution in [2.45, 2.75) is 0 Å². The first-order chi connectivity index (χ1) is 9.18. The highest BCUT2D eigenvalue weighted by atomic mass is 35.5. The third-order valence-corrected chi connectivity index (χ3v) is 2.69. The molecule has 6 heteroatoms. The minimum Gasteiger partial charge on any atom is -0.270 e. The molecule has 0 aliphatic rings. The Labute approximate surface area is 114 Å². The molecule has 0 aliphatic heterocycles. The van der Waals surface area contributed by atoms with Gasteiger partial charge in [-0.25, -0.2) is 0 Å². The number of rotatable bonds is 4. The summed E-state index contributed by atoms with van der Waals surface area (Å²) in [5, 5.41) is 15.0. The molecule has 2 aromatic rings. The molecule has 96 valence electrons. The minimum absolute atomic E-state index is 0.0521. The highest BCUT2D eigenvalue weighted by Gasteiger charge is 2.11. The molecule has 0 bridgehead atoms. The average Bonchev–Trinajstić information content (AvgIpc) is 2.46. The lowest BCUT2D eigenvalue weighted by Gasteiger charge is -2.02. The summed E-state index contributed by atoms with van der Waals surface area (Å²) in [7, 11) is 0. The summed E-state index contributed by atoms with van der Waals surface area (Å²) in [6.07, 6.45) is 0. The van der Waals surface area contributed by atoms with Crippen molar-refractivity contribution >= 4 is 28.1 Å². The van der Waals surface area contributed by atoms with Crippen LogP contribution in [-0.2, 0) is 0 Å². The highest BCUT2D eigenvalue weighted by Crippen LogP contribution is 2.23. The first-order valence-corrected chi connectivity index (χ1v) is 5.84. The highest BCUT2D eigenvalue weighted by molar-refractivity contribution is 6.69. The number of hydrogen-bond donors (Lipinski definition) is 1. The number of benzene rings is 2. The number of halogens is 1. The van der Waals surface area contributed by atoms with Crippen LogP contribution in [0.15, 0.2) is 59.7 Å². The molecule has 0 aromatic heterocycles. The van der Waals surface area contributed by atoms with Crippen LogP contribution in [0.5, 0.6) is 0 Å². The van der Waals surface area contributed by atoms with Gasteiger partial charge in [-0.1, -0.05) is 54.1 Å². The van der Waals surface area contributed by atoms with E-state index in [1.807, 2.05) is 18.2 Å². The Hall–Kier alpha value is -2.40. The summed E-state index contributed by atoms with van der Waals surface area (Å²) in [6, 6.07) is 15.4. The summed E-state index contributed by atoms with van der Waals surface area (Å²) in [4.78, 5) is 10.3. The fraction of sp³-hybridized carbons (Fsp3) is 0. The maximum Gasteiger partial charge on any atom is 0.294 e. The number of nitrogens with zero attached hydrogens (tertiary/aromatic N) is 2. The van der Waals surface area contributed by atoms with E-state index in [0.717, 1.165) is 5.56 Å². The van der Waals surface area contributed by atoms with Crippen molar-refractivity contribution in [3.63, 3.8) is 0 Å². The number of nitrogens with one attached hydrogen (secondary N) is 1. The standard InChI is InChI=1S/C13H10ClN3O2/c14-13(10-6-2-1-3-7-10)16-15-11-8-4-5-9-12(11)17(18)19/h1-9,15H. The van der Waals surface area contributed by atoms with Crippen molar-refractivity contribution in [2.24, 2.45) is 5.10 Å². The minimum atomic E-state index is -0.478. The van der Waals surface area contributed by atoms with E-state index in [1.165, 1.54) is 6.07 Å². The SMILES string of the molecule is O=[N+]([O-])c1ccccc1NN=C(Cl)c1ccccc1. The summed E-state index contributed by atoms with van der Waals surface area (Å²) < 4.78 is 0. The molecular weight excluding hydrogens is 266 g/mol. The van der Waals surface area contributed by atoms with Gasteiger partial charge in [-0.2, -0.15) is 5.10 Å². The molecule has 0 aliphatic carbocycles. The predicted molar refractivity (Wildman–Crippen MR) is 75.6 cm³/mol. The predicted octanol–water partition coefficient (Wildman–Crippen LogP) is 3.61. The van der Waals surface area contributed by atoms with Gasteiger partial charge >= 0.3 is 0 Å². The van der Waals surface area contributed by atoms with Gasteiger partial charge in [-0.15, -0.1) is 0 Å². The number of nitro benzene ring substituents is 1. The largest absolute Gasteiger partial charge is 0.294 e. The van der Waals surface area contributed by atoms with Gasteiger partial charge in [-0.3, -0.25) is 15.5 Å². The number of hydrazone groups is 1. The number of para-hydroxylation sites is 2. The van der Waals surface area contributed by atoms with E-state index in [4.69, 9.17) is 11.6 Å². The number of anilines is 1. The Kier molecular flexibility index (Phi) is 4.10. The number of hydrogen-bond acceptors (Lipinski definition) is 4. The van der Waals surface area contributed by atoms with Gasteiger partial charge in [0, 0.05) is 11.6 Å². The fourth-order valence-corrected chi connectivity index (χ4v) is 1.65. The first kappa shape index (κ1) is 13.0. The molecule has 1 N–H and O–H groups in total. The van der Waals surface area contributed by atoms with Crippen molar-refractivity contribution < 1.29 is 4.92 Å². The van der Waals surface area contributed by atoms with Gasteiger partial charge in [-0.05, 0) is 6.07 Å². The Morgan fingerprint density at radius 2 is 1.74 bits per heavy atom. The maximum atomic E-state index is 10.8. The van der Waals surface area contributed by atoms with Crippen LogP contribution >= 0.6 is 11.6 Å². The molecule has 0 saturated carbocycles. The van der Waals surface area contributed by atoms with Crippen LogP contribution in [0.1, 0.15) is 5.56 Å². The van der Waals surface area contributed by atoms with Crippen LogP contribution in [0, 0.1) is 10.1 Å². The smallest absolute Gasteiger partial charge is 0.270 e. The molecule has 0 amide bonds. The van der Waals surface area contributed by atoms with Crippen molar-refractivity contribution in [3.8, 4) is 0 Å². The van der Waals surface area contributed by atoms with Crippen LogP contribution in [0.2, 0.25) is 0 Å². The lowest BCUT2D eigenvalue weighted by atomic mass is 10.2. The summed E-state index contributed by atoms with van der Waals surface area (Å²) in [5.74, 6) is 0. The van der Waals surface area contributed by atoms with Crippen molar-refractivity contribution in [1.82, 2.24) is 0 Å². The van der Waals surface area contributed by atoms with E-state index in [0.29, 0.717) is 5.69 Å². The van der Waals surface area contributed by atoms with Gasteiger partial charge in [0.2, 0.25) is 0 Å². The summed E-state index contributed by atoms with van der Waals surface area (Å²) >= 11 is 6.01. The molecule has 0 saturated heterocycles. The zero-order valence-corrected chi connectivity index (χ0v) is 10.5. The van der Waals surface area contributed by atoms with Crippen LogP contribution in [0.25, 0.3) is 0 Å². The molecule has 0 fully saturated rings. The van der Waals surface area contributed by atoms with Gasteiger partial charge in [0.1, 0.15) is 5.69 Å². The van der Waals surface area contributed by atoms with E-state index in [2.05, 4.69) is 10.5 Å². The Morgan fingerprint density at radius 1 is 1.11 bits per heavy atom. The monoisotopic (exact) mass is 275 g/mol. The molecule has 0 unspecified atom stereocenters. The quantitative estimate of drug-likeness (QED) is 0.526. The average molecular weight is 276 g/mol. The second-order valence-corrected chi connectivity index (χ2v) is 4.01. The van der Waals surface area contributed by atoms with Crippen LogP contribution in [-0.4, -0.2) is 10.1 Å². The molecule has 2 rings (SSSR count). The number of nitro groups is 1. The fourth-order valence-electron chi connectivity index (χ4n) is 1.48. The van der Waals surface area contributed by atoms with Crippen LogP contribution in [0.3, 0.4) is 0 Å². The van der Waals surface area contributed by atoms with E-state index < -0.39 is 4.92 Å². The van der Waals surface area contributed by atoms with Gasteiger partial charge < -0.3 is 0 Å². The Morgan fingerprint density at radius 3 is 2.42 bits per heavy atom. The third kappa shape index (κ3) is 3.29. The molecule has 5 nitrogen and oxygen atoms in total. The molecule has 0 atom stereocenters. The van der Waals surface area contributed by atoms with Crippen molar-refractivity contribution in [2.75, 3.05) is 5.43 Å². The van der Waals surface area contributed by atoms with Crippen LogP contribution < -0.4 is 5.43 Å². The molecule has 2 aromatic carbocycles. The Balaban J connectivity index is 2.21. The zero-order valence-electron chi connectivity index (χ0n) is 9.79. The second kappa shape index (κ2) is 5.97. The molecule has 0 heterocycles. The lowest BCUT2D eigenvalue weighted by Crippen LogP contribution is -1.99. The molecular formula is C13H10ClN3O2. The van der Waals surface area contributed by atoms with Crippen LogP contribution in [0.4, 0.5) is 11.4 Å². The zero-order chi connectivity index (χ0) is 13.7. The van der Waals surface area contributed by atoms with Crippen molar-refractivity contribution in [1.29, 1.82) is 0 Å². The molecule has 0 spiro atoms. The molecule has 0 radical (unpaired) electrons. The maximum absolute atomic E-state index is 10.8. The molecule has 19 heavy (non-hydrogen) atoms. The topological polar surface area (TPSA) is 67.5 Å². The van der Waals surface area contributed by atoms with E-state index in [-0.39, 0.29) is 10.9 Å². The Bertz CT molecular complexity index is 614. The van der Waals surface area contributed by atoms with E-state index in [1.54, 1.807) is 30.3 Å². The summed E-state index contributed by atoms with van der Waals surface area (Å²) in [6.45, 7) is 0. The normalized spacial score (nSPS) is 11.1.